The van der Waals surface area contributed by atoms with Crippen molar-refractivity contribution >= 4 is 270 Å². The summed E-state index contributed by atoms with van der Waals surface area (Å²) in [7, 11) is 0. The molecule has 0 atom stereocenters. The minimum atomic E-state index is -1.53. The number of nitrogens with zero attached hydrogens (tertiary/aromatic N) is 10. The van der Waals surface area contributed by atoms with Gasteiger partial charge in [0, 0.05) is 144 Å². The van der Waals surface area contributed by atoms with Crippen LogP contribution in [0.15, 0.2) is 0 Å². The first-order valence-electron chi connectivity index (χ1n) is 27.4. The van der Waals surface area contributed by atoms with E-state index in [9.17, 15) is 157 Å². The molecule has 108 heavy (non-hydrogen) atoms. The van der Waals surface area contributed by atoms with Gasteiger partial charge in [0.1, 0.15) is 0 Å². The SMILES string of the molecule is O=C(O)CN(CCN(CC(=O)O)CC(=O)O)CC(=O)O.O=C(O)CN(CCN(CC(=O)O)CC(=O)O)CC(=O)O.O=C([O-])CN(CCN(CC(=O)[O-])CC(=O)[O-])CC(=O)[O-].O=C([O-])CN(CCN(CC(=O)[O-])CC(=O)[O-])CC(=O)[O-].O=C([O-])CN(CCN(CC(=O)[O-])CC(=O)[O-])CC(=O)[O-].[Ca+2].[Ca+2].[Ca+2].[Ca+2].[Na+].[Na+].[Na+].[Na+]. The third-order valence-electron chi connectivity index (χ3n) is 10.8. The first-order chi connectivity index (χ1) is 46.0. The topological polar surface area (TPSA) is 812 Å². The molecule has 0 aliphatic carbocycles. The molecule has 0 aromatic rings. The quantitative estimate of drug-likeness (QED) is 0.0262. The summed E-state index contributed by atoms with van der Waals surface area (Å²) in [6, 6.07) is 0. The first kappa shape index (κ1) is 135. The van der Waals surface area contributed by atoms with Crippen LogP contribution in [0.3, 0.4) is 0 Å². The predicted octanol–water partition coefficient (Wildman–Crippen LogP) is -39.9. The normalized spacial score (nSPS) is 9.91. The van der Waals surface area contributed by atoms with Gasteiger partial charge in [-0.05, 0) is 0 Å². The van der Waals surface area contributed by atoms with Gasteiger partial charge >= 0.3 is 317 Å². The molecule has 0 fully saturated rings. The number of carboxylic acid groups (broad SMARTS) is 20. The van der Waals surface area contributed by atoms with Crippen LogP contribution in [0.1, 0.15) is 0 Å². The smallest absolute Gasteiger partial charge is 0.549 e. The summed E-state index contributed by atoms with van der Waals surface area (Å²) >= 11 is 0. The van der Waals surface area contributed by atoms with Crippen LogP contribution in [0.2, 0.25) is 0 Å². The van der Waals surface area contributed by atoms with E-state index in [-0.39, 0.29) is 335 Å². The van der Waals surface area contributed by atoms with Crippen molar-refractivity contribution in [2.45, 2.75) is 0 Å². The summed E-state index contributed by atoms with van der Waals surface area (Å²) < 4.78 is 0. The number of hydrogen-bond donors (Lipinski definition) is 8. The van der Waals surface area contributed by atoms with E-state index >= 15 is 0 Å². The standard InChI is InChI=1S/5C10H16N2O8.4Ca.4Na/c5*13-7(14)3-11(4-8(15)16)1-2-12(5-9(17)18)6-10(19)20;;;;;;;;/h5*1-6H2,(H,13,14)(H,15,16)(H,17,18)(H,19,20);;;;;;;;/q;;;;;4*+2;4*+1/p-12. The Morgan fingerprint density at radius 2 is 0.204 bits per heavy atom. The van der Waals surface area contributed by atoms with E-state index in [2.05, 4.69) is 0 Å². The van der Waals surface area contributed by atoms with Crippen LogP contribution in [-0.2, 0) is 95.9 Å². The fourth-order valence-electron chi connectivity index (χ4n) is 7.28. The number of carbonyl (C=O) groups excluding carboxylic acids is 12. The van der Waals surface area contributed by atoms with Crippen molar-refractivity contribution in [3.63, 3.8) is 0 Å². The van der Waals surface area contributed by atoms with Crippen molar-refractivity contribution in [1.82, 2.24) is 49.0 Å². The molecule has 0 rings (SSSR count). The zero-order valence-corrected chi connectivity index (χ0v) is 76.0. The molecule has 0 unspecified atom stereocenters. The Hall–Kier alpha value is -1.96. The van der Waals surface area contributed by atoms with Crippen LogP contribution >= 0.6 is 0 Å². The van der Waals surface area contributed by atoms with Crippen LogP contribution in [0.5, 0.6) is 0 Å². The fraction of sp³-hybridized carbons (Fsp3) is 0.600. The molecule has 0 aliphatic rings. The van der Waals surface area contributed by atoms with E-state index in [0.29, 0.717) is 0 Å². The Balaban J connectivity index is -0.0000000932. The van der Waals surface area contributed by atoms with Gasteiger partial charge in [-0.1, -0.05) is 0 Å². The summed E-state index contributed by atoms with van der Waals surface area (Å²) in [5.41, 5.74) is 0. The monoisotopic (exact) mass is 1700 g/mol. The Morgan fingerprint density at radius 3 is 0.250 bits per heavy atom. The summed E-state index contributed by atoms with van der Waals surface area (Å²) in [5, 5.41) is 194. The van der Waals surface area contributed by atoms with Gasteiger partial charge in [-0.3, -0.25) is 87.4 Å². The molecule has 570 valence electrons. The van der Waals surface area contributed by atoms with E-state index in [1.807, 2.05) is 0 Å². The average Bonchev–Trinajstić information content (AvgIpc) is 0.964. The van der Waals surface area contributed by atoms with Crippen molar-refractivity contribution in [3.8, 4) is 0 Å². The van der Waals surface area contributed by atoms with Crippen molar-refractivity contribution in [2.75, 3.05) is 196 Å². The van der Waals surface area contributed by atoms with E-state index < -0.39 is 250 Å². The summed E-state index contributed by atoms with van der Waals surface area (Å²) in [6.45, 7) is -14.3. The molecular formula is C50H68Ca4N10Na4O40. The zero-order valence-electron chi connectivity index (χ0n) is 59.2. The fourth-order valence-corrected chi connectivity index (χ4v) is 7.28. The van der Waals surface area contributed by atoms with Crippen molar-refractivity contribution in [2.24, 2.45) is 0 Å². The molecule has 0 spiro atoms. The number of rotatable bonds is 55. The minimum Gasteiger partial charge on any atom is -0.549 e. The maximum atomic E-state index is 10.6. The van der Waals surface area contributed by atoms with E-state index in [1.165, 1.54) is 0 Å². The molecule has 0 aliphatic heterocycles. The molecule has 0 aromatic heterocycles. The summed E-state index contributed by atoms with van der Waals surface area (Å²) in [5.74, 6) is -28.2. The largest absolute Gasteiger partial charge is 2.00 e. The Kier molecular flexibility index (Phi) is 102. The Morgan fingerprint density at radius 1 is 0.148 bits per heavy atom. The molecule has 0 aromatic carbocycles. The summed E-state index contributed by atoms with van der Waals surface area (Å²) in [6.07, 6.45) is 0. The van der Waals surface area contributed by atoms with Crippen LogP contribution < -0.4 is 180 Å². The molecule has 58 heteroatoms. The summed E-state index contributed by atoms with van der Waals surface area (Å²) in [4.78, 5) is 219. The zero-order chi connectivity index (χ0) is 78.5. The molecule has 50 nitrogen and oxygen atoms in total. The molecule has 0 bridgehead atoms. The second-order valence-corrected chi connectivity index (χ2v) is 19.7. The maximum Gasteiger partial charge on any atom is 2.00 e. The maximum absolute atomic E-state index is 10.6. The van der Waals surface area contributed by atoms with E-state index in [0.717, 1.165) is 49.0 Å². The van der Waals surface area contributed by atoms with Crippen LogP contribution in [-0.4, -0.2) is 557 Å². The second-order valence-electron chi connectivity index (χ2n) is 19.7. The van der Waals surface area contributed by atoms with Crippen molar-refractivity contribution in [3.05, 3.63) is 0 Å². The molecular weight excluding hydrogens is 1630 g/mol. The first-order valence-corrected chi connectivity index (χ1v) is 27.4. The van der Waals surface area contributed by atoms with Gasteiger partial charge in [-0.2, -0.15) is 0 Å². The molecule has 0 amide bonds. The average molecular weight is 1700 g/mol. The predicted molar refractivity (Wildman–Crippen MR) is 309 cm³/mol. The number of carbonyl (C=O) groups is 20. The van der Waals surface area contributed by atoms with Gasteiger partial charge in [0.15, 0.2) is 0 Å². The minimum absolute atomic E-state index is 0. The van der Waals surface area contributed by atoms with Crippen LogP contribution in [0, 0.1) is 0 Å². The third-order valence-corrected chi connectivity index (χ3v) is 10.8. The van der Waals surface area contributed by atoms with Gasteiger partial charge in [-0.15, -0.1) is 0 Å². The molecule has 0 saturated heterocycles. The van der Waals surface area contributed by atoms with E-state index in [1.54, 1.807) is 0 Å². The van der Waals surface area contributed by atoms with Gasteiger partial charge < -0.3 is 160 Å². The third kappa shape index (κ3) is 104. The van der Waals surface area contributed by atoms with Crippen molar-refractivity contribution < 1.29 is 316 Å². The molecule has 8 N–H and O–H groups in total. The molecule has 0 heterocycles. The number of aliphatic carboxylic acids is 20. The number of hydrogen-bond acceptors (Lipinski definition) is 42. The van der Waals surface area contributed by atoms with Gasteiger partial charge in [0.2, 0.25) is 0 Å². The van der Waals surface area contributed by atoms with Gasteiger partial charge in [0.25, 0.3) is 0 Å². The van der Waals surface area contributed by atoms with E-state index in [4.69, 9.17) is 40.9 Å². The molecule has 0 radical (unpaired) electrons. The molecule has 0 saturated carbocycles. The van der Waals surface area contributed by atoms with Crippen LogP contribution in [0.4, 0.5) is 0 Å². The van der Waals surface area contributed by atoms with Gasteiger partial charge in [0.05, 0.1) is 124 Å². The second kappa shape index (κ2) is 81.6. The van der Waals surface area contributed by atoms with Crippen LogP contribution in [0.25, 0.3) is 0 Å². The number of carboxylic acids is 20. The Labute approximate surface area is 819 Å². The van der Waals surface area contributed by atoms with Crippen molar-refractivity contribution in [1.29, 1.82) is 0 Å². The Bertz CT molecular complexity index is 2040. The van der Waals surface area contributed by atoms with Gasteiger partial charge in [-0.25, -0.2) is 0 Å².